The standard InChI is InChI=1S/C11H11ClN2O3/c12-10-6-8(14(16)17)4-5-9(10)11(15)13-7-2-1-3-7/h4-7H,1-3H2,(H,13,15). The highest BCUT2D eigenvalue weighted by Crippen LogP contribution is 2.24. The highest BCUT2D eigenvalue weighted by molar-refractivity contribution is 6.34. The Morgan fingerprint density at radius 2 is 2.18 bits per heavy atom. The molecule has 0 bridgehead atoms. The van der Waals surface area contributed by atoms with Crippen LogP contribution in [0.2, 0.25) is 5.02 Å². The molecule has 6 heteroatoms. The number of rotatable bonds is 3. The molecule has 0 atom stereocenters. The normalized spacial score (nSPS) is 15.1. The van der Waals surface area contributed by atoms with Gasteiger partial charge in [-0.1, -0.05) is 11.6 Å². The summed E-state index contributed by atoms with van der Waals surface area (Å²) < 4.78 is 0. The van der Waals surface area contributed by atoms with Gasteiger partial charge in [0.1, 0.15) is 0 Å². The molecular formula is C11H11ClN2O3. The molecule has 2 rings (SSSR count). The Kier molecular flexibility index (Phi) is 3.28. The third-order valence-electron chi connectivity index (χ3n) is 2.85. The molecule has 0 spiro atoms. The summed E-state index contributed by atoms with van der Waals surface area (Å²) >= 11 is 5.85. The number of carbonyl (C=O) groups is 1. The largest absolute Gasteiger partial charge is 0.349 e. The first-order chi connectivity index (χ1) is 8.08. The van der Waals surface area contributed by atoms with Crippen molar-refractivity contribution in [3.63, 3.8) is 0 Å². The lowest BCUT2D eigenvalue weighted by molar-refractivity contribution is -0.384. The van der Waals surface area contributed by atoms with Crippen LogP contribution in [-0.2, 0) is 0 Å². The summed E-state index contributed by atoms with van der Waals surface area (Å²) in [4.78, 5) is 21.8. The van der Waals surface area contributed by atoms with Crippen molar-refractivity contribution in [2.75, 3.05) is 0 Å². The van der Waals surface area contributed by atoms with Gasteiger partial charge in [0, 0.05) is 18.2 Å². The number of nitro benzene ring substituents is 1. The molecule has 1 aliphatic rings. The van der Waals surface area contributed by atoms with Gasteiger partial charge in [-0.15, -0.1) is 0 Å². The first-order valence-corrected chi connectivity index (χ1v) is 5.70. The van der Waals surface area contributed by atoms with E-state index in [4.69, 9.17) is 11.6 Å². The van der Waals surface area contributed by atoms with Crippen LogP contribution in [0.1, 0.15) is 29.6 Å². The Bertz CT molecular complexity index is 472. The highest BCUT2D eigenvalue weighted by atomic mass is 35.5. The van der Waals surface area contributed by atoms with Gasteiger partial charge < -0.3 is 5.32 Å². The van der Waals surface area contributed by atoms with Crippen LogP contribution in [0.15, 0.2) is 18.2 Å². The lowest BCUT2D eigenvalue weighted by atomic mass is 9.93. The summed E-state index contributed by atoms with van der Waals surface area (Å²) in [6.07, 6.45) is 3.09. The van der Waals surface area contributed by atoms with Crippen molar-refractivity contribution in [3.8, 4) is 0 Å². The molecule has 1 aliphatic carbocycles. The van der Waals surface area contributed by atoms with Crippen LogP contribution in [0, 0.1) is 10.1 Å². The third-order valence-corrected chi connectivity index (χ3v) is 3.16. The fraction of sp³-hybridized carbons (Fsp3) is 0.364. The van der Waals surface area contributed by atoms with E-state index in [1.54, 1.807) is 0 Å². The Morgan fingerprint density at radius 1 is 1.47 bits per heavy atom. The zero-order valence-electron chi connectivity index (χ0n) is 8.98. The van der Waals surface area contributed by atoms with E-state index in [1.807, 2.05) is 0 Å². The Morgan fingerprint density at radius 3 is 2.65 bits per heavy atom. The number of nitrogens with one attached hydrogen (secondary N) is 1. The predicted molar refractivity (Wildman–Crippen MR) is 63.2 cm³/mol. The molecule has 1 amide bonds. The van der Waals surface area contributed by atoms with Gasteiger partial charge in [0.15, 0.2) is 0 Å². The van der Waals surface area contributed by atoms with Crippen molar-refractivity contribution in [2.45, 2.75) is 25.3 Å². The second-order valence-corrected chi connectivity index (χ2v) is 4.43. The summed E-state index contributed by atoms with van der Waals surface area (Å²) in [5, 5.41) is 13.5. The van der Waals surface area contributed by atoms with Crippen LogP contribution in [0.25, 0.3) is 0 Å². The van der Waals surface area contributed by atoms with Gasteiger partial charge >= 0.3 is 0 Å². The van der Waals surface area contributed by atoms with Crippen molar-refractivity contribution >= 4 is 23.2 Å². The van der Waals surface area contributed by atoms with Gasteiger partial charge in [0.25, 0.3) is 11.6 Å². The Labute approximate surface area is 103 Å². The Hall–Kier alpha value is -1.62. The fourth-order valence-corrected chi connectivity index (χ4v) is 1.88. The second-order valence-electron chi connectivity index (χ2n) is 4.02. The zero-order chi connectivity index (χ0) is 12.4. The number of amides is 1. The number of nitro groups is 1. The van der Waals surface area contributed by atoms with E-state index in [9.17, 15) is 14.9 Å². The fourth-order valence-electron chi connectivity index (χ4n) is 1.62. The summed E-state index contributed by atoms with van der Waals surface area (Å²) in [6.45, 7) is 0. The summed E-state index contributed by atoms with van der Waals surface area (Å²) in [7, 11) is 0. The minimum Gasteiger partial charge on any atom is -0.349 e. The van der Waals surface area contributed by atoms with E-state index in [1.165, 1.54) is 18.2 Å². The predicted octanol–water partition coefficient (Wildman–Crippen LogP) is 2.53. The van der Waals surface area contributed by atoms with Crippen molar-refractivity contribution in [3.05, 3.63) is 38.9 Å². The van der Waals surface area contributed by atoms with Crippen molar-refractivity contribution in [2.24, 2.45) is 0 Å². The lowest BCUT2D eigenvalue weighted by Gasteiger charge is -2.26. The summed E-state index contributed by atoms with van der Waals surface area (Å²) in [5.41, 5.74) is 0.166. The quantitative estimate of drug-likeness (QED) is 0.665. The zero-order valence-corrected chi connectivity index (χ0v) is 9.74. The molecule has 0 saturated heterocycles. The van der Waals surface area contributed by atoms with Crippen molar-refractivity contribution in [1.82, 2.24) is 5.32 Å². The maximum Gasteiger partial charge on any atom is 0.270 e. The molecule has 1 saturated carbocycles. The van der Waals surface area contributed by atoms with Gasteiger partial charge in [-0.2, -0.15) is 0 Å². The number of carbonyl (C=O) groups excluding carboxylic acids is 1. The van der Waals surface area contributed by atoms with Crippen molar-refractivity contribution in [1.29, 1.82) is 0 Å². The molecule has 0 heterocycles. The first-order valence-electron chi connectivity index (χ1n) is 5.33. The molecule has 17 heavy (non-hydrogen) atoms. The molecular weight excluding hydrogens is 244 g/mol. The smallest absolute Gasteiger partial charge is 0.270 e. The molecule has 1 N–H and O–H groups in total. The van der Waals surface area contributed by atoms with Crippen molar-refractivity contribution < 1.29 is 9.72 Å². The number of hydrogen-bond donors (Lipinski definition) is 1. The molecule has 0 aromatic heterocycles. The van der Waals surface area contributed by atoms with E-state index >= 15 is 0 Å². The second kappa shape index (κ2) is 4.71. The van der Waals surface area contributed by atoms with E-state index in [0.29, 0.717) is 0 Å². The monoisotopic (exact) mass is 254 g/mol. The van der Waals surface area contributed by atoms with Gasteiger partial charge in [0.2, 0.25) is 0 Å². The molecule has 5 nitrogen and oxygen atoms in total. The topological polar surface area (TPSA) is 72.2 Å². The van der Waals surface area contributed by atoms with Crippen LogP contribution in [0.3, 0.4) is 0 Å². The number of nitrogens with zero attached hydrogens (tertiary/aromatic N) is 1. The molecule has 1 aromatic carbocycles. The van der Waals surface area contributed by atoms with E-state index in [0.717, 1.165) is 19.3 Å². The maximum atomic E-state index is 11.8. The SMILES string of the molecule is O=C(NC1CCC1)c1ccc([N+](=O)[O-])cc1Cl. The Balaban J connectivity index is 2.14. The van der Waals surface area contributed by atoms with Crippen LogP contribution in [-0.4, -0.2) is 16.9 Å². The minimum atomic E-state index is -0.542. The van der Waals surface area contributed by atoms with Crippen LogP contribution < -0.4 is 5.32 Å². The average Bonchev–Trinajstić information content (AvgIpc) is 2.22. The van der Waals surface area contributed by atoms with E-state index < -0.39 is 4.92 Å². The number of non-ortho nitro benzene ring substituents is 1. The number of benzene rings is 1. The maximum absolute atomic E-state index is 11.8. The van der Waals surface area contributed by atoms with Gasteiger partial charge in [-0.05, 0) is 25.3 Å². The molecule has 1 fully saturated rings. The van der Waals surface area contributed by atoms with E-state index in [2.05, 4.69) is 5.32 Å². The van der Waals surface area contributed by atoms with Crippen LogP contribution >= 0.6 is 11.6 Å². The molecule has 0 aliphatic heterocycles. The minimum absolute atomic E-state index is 0.107. The highest BCUT2D eigenvalue weighted by Gasteiger charge is 2.22. The summed E-state index contributed by atoms with van der Waals surface area (Å²) in [6, 6.07) is 4.07. The average molecular weight is 255 g/mol. The third kappa shape index (κ3) is 2.55. The first kappa shape index (κ1) is 11.9. The summed E-state index contributed by atoms with van der Waals surface area (Å²) in [5.74, 6) is -0.269. The molecule has 1 aromatic rings. The van der Waals surface area contributed by atoms with Gasteiger partial charge in [-0.25, -0.2) is 0 Å². The van der Waals surface area contributed by atoms with Crippen LogP contribution in [0.4, 0.5) is 5.69 Å². The van der Waals surface area contributed by atoms with Gasteiger partial charge in [-0.3, -0.25) is 14.9 Å². The van der Waals surface area contributed by atoms with E-state index in [-0.39, 0.29) is 28.2 Å². The van der Waals surface area contributed by atoms with Gasteiger partial charge in [0.05, 0.1) is 15.5 Å². The molecule has 0 unspecified atom stereocenters. The van der Waals surface area contributed by atoms with Crippen LogP contribution in [0.5, 0.6) is 0 Å². The number of hydrogen-bond acceptors (Lipinski definition) is 3. The lowest BCUT2D eigenvalue weighted by Crippen LogP contribution is -2.39. The number of halogens is 1. The molecule has 90 valence electrons. The molecule has 0 radical (unpaired) electrons.